The molecule has 0 aliphatic heterocycles. The zero-order valence-corrected chi connectivity index (χ0v) is 11.7. The van der Waals surface area contributed by atoms with Gasteiger partial charge in [0.25, 0.3) is 0 Å². The van der Waals surface area contributed by atoms with E-state index in [0.29, 0.717) is 18.8 Å². The summed E-state index contributed by atoms with van der Waals surface area (Å²) < 4.78 is 30.5. The molecule has 102 valence electrons. The number of hydrogen-bond acceptors (Lipinski definition) is 5. The van der Waals surface area contributed by atoms with Crippen LogP contribution in [0.15, 0.2) is 12.3 Å². The summed E-state index contributed by atoms with van der Waals surface area (Å²) in [6.45, 7) is 4.33. The van der Waals surface area contributed by atoms with E-state index in [4.69, 9.17) is 4.74 Å². The molecule has 18 heavy (non-hydrogen) atoms. The molecule has 0 saturated carbocycles. The molecule has 0 saturated heterocycles. The molecule has 0 aromatic carbocycles. The van der Waals surface area contributed by atoms with E-state index in [2.05, 4.69) is 15.0 Å². The van der Waals surface area contributed by atoms with Crippen molar-refractivity contribution < 1.29 is 13.2 Å². The van der Waals surface area contributed by atoms with E-state index in [-0.39, 0.29) is 5.75 Å². The number of rotatable bonds is 7. The Kier molecular flexibility index (Phi) is 5.36. The smallest absolute Gasteiger partial charge is 0.213 e. The van der Waals surface area contributed by atoms with Crippen molar-refractivity contribution >= 4 is 15.7 Å². The van der Waals surface area contributed by atoms with Crippen molar-refractivity contribution in [2.45, 2.75) is 13.8 Å². The second-order valence-electron chi connectivity index (χ2n) is 3.77. The van der Waals surface area contributed by atoms with Crippen LogP contribution in [-0.2, 0) is 10.0 Å². The van der Waals surface area contributed by atoms with Crippen molar-refractivity contribution in [1.29, 1.82) is 0 Å². The summed E-state index contributed by atoms with van der Waals surface area (Å²) in [7, 11) is -1.65. The van der Waals surface area contributed by atoms with Crippen LogP contribution in [0.2, 0.25) is 0 Å². The van der Waals surface area contributed by atoms with E-state index < -0.39 is 10.0 Å². The minimum Gasteiger partial charge on any atom is -0.493 e. The van der Waals surface area contributed by atoms with Gasteiger partial charge in [-0.2, -0.15) is 0 Å². The second-order valence-corrected chi connectivity index (χ2v) is 5.70. The molecule has 0 bridgehead atoms. The number of sulfonamides is 1. The molecular weight excluding hydrogens is 254 g/mol. The molecular formula is C11H19N3O3S. The molecule has 0 amide bonds. The fourth-order valence-corrected chi connectivity index (χ4v) is 2.42. The fourth-order valence-electron chi connectivity index (χ4n) is 1.46. The van der Waals surface area contributed by atoms with Gasteiger partial charge in [-0.25, -0.2) is 13.1 Å². The standard InChI is InChI=1S/C11H19N3O3S/c1-4-14-18(15,16)6-5-12-10-7-9(2)13-8-11(10)17-3/h7-8,14H,4-6H2,1-3H3,(H,12,13). The SMILES string of the molecule is CCNS(=O)(=O)CCNc1cc(C)ncc1OC. The van der Waals surface area contributed by atoms with Gasteiger partial charge in [0.1, 0.15) is 0 Å². The van der Waals surface area contributed by atoms with Gasteiger partial charge in [0.15, 0.2) is 5.75 Å². The van der Waals surface area contributed by atoms with E-state index in [0.717, 1.165) is 11.4 Å². The Balaban J connectivity index is 2.61. The number of ether oxygens (including phenoxy) is 1. The third-order valence-corrected chi connectivity index (χ3v) is 3.74. The number of pyridine rings is 1. The second kappa shape index (κ2) is 6.55. The fraction of sp³-hybridized carbons (Fsp3) is 0.545. The normalized spacial score (nSPS) is 11.3. The summed E-state index contributed by atoms with van der Waals surface area (Å²) in [5, 5.41) is 3.04. The number of aryl methyl sites for hydroxylation is 1. The maximum Gasteiger partial charge on any atom is 0.213 e. The van der Waals surface area contributed by atoms with Crippen molar-refractivity contribution in [2.75, 3.05) is 31.3 Å². The van der Waals surface area contributed by atoms with Gasteiger partial charge in [-0.1, -0.05) is 6.92 Å². The van der Waals surface area contributed by atoms with Gasteiger partial charge in [-0.3, -0.25) is 4.98 Å². The number of aromatic nitrogens is 1. The predicted molar refractivity (Wildman–Crippen MR) is 71.5 cm³/mol. The molecule has 0 atom stereocenters. The Morgan fingerprint density at radius 1 is 1.44 bits per heavy atom. The van der Waals surface area contributed by atoms with Crippen molar-refractivity contribution in [1.82, 2.24) is 9.71 Å². The minimum atomic E-state index is -3.20. The van der Waals surface area contributed by atoms with Gasteiger partial charge >= 0.3 is 0 Å². The summed E-state index contributed by atoms with van der Waals surface area (Å²) >= 11 is 0. The Hall–Kier alpha value is -1.34. The molecule has 1 aromatic rings. The van der Waals surface area contributed by atoms with Gasteiger partial charge in [0.05, 0.1) is 24.7 Å². The van der Waals surface area contributed by atoms with Crippen LogP contribution in [0.25, 0.3) is 0 Å². The quantitative estimate of drug-likeness (QED) is 0.766. The first-order chi connectivity index (χ1) is 8.48. The highest BCUT2D eigenvalue weighted by Gasteiger charge is 2.09. The zero-order valence-electron chi connectivity index (χ0n) is 10.9. The molecule has 0 fully saturated rings. The van der Waals surface area contributed by atoms with E-state index in [9.17, 15) is 8.42 Å². The van der Waals surface area contributed by atoms with Crippen molar-refractivity contribution in [2.24, 2.45) is 0 Å². The highest BCUT2D eigenvalue weighted by molar-refractivity contribution is 7.89. The molecule has 6 nitrogen and oxygen atoms in total. The maximum absolute atomic E-state index is 11.4. The lowest BCUT2D eigenvalue weighted by atomic mass is 10.3. The third-order valence-electron chi connectivity index (χ3n) is 2.27. The molecule has 1 aromatic heterocycles. The average molecular weight is 273 g/mol. The van der Waals surface area contributed by atoms with Crippen molar-refractivity contribution in [3.63, 3.8) is 0 Å². The summed E-state index contributed by atoms with van der Waals surface area (Å²) in [5.41, 5.74) is 1.59. The third kappa shape index (κ3) is 4.50. The number of methoxy groups -OCH3 is 1. The first-order valence-corrected chi connectivity index (χ1v) is 7.35. The lowest BCUT2D eigenvalue weighted by Gasteiger charge is -2.11. The van der Waals surface area contributed by atoms with E-state index in [1.54, 1.807) is 20.2 Å². The number of nitrogens with zero attached hydrogens (tertiary/aromatic N) is 1. The number of nitrogens with one attached hydrogen (secondary N) is 2. The van der Waals surface area contributed by atoms with Crippen molar-refractivity contribution in [3.8, 4) is 5.75 Å². The summed E-state index contributed by atoms with van der Waals surface area (Å²) in [6, 6.07) is 1.82. The highest BCUT2D eigenvalue weighted by atomic mass is 32.2. The van der Waals surface area contributed by atoms with Crippen LogP contribution in [0.3, 0.4) is 0 Å². The largest absolute Gasteiger partial charge is 0.493 e. The topological polar surface area (TPSA) is 80.3 Å². The van der Waals surface area contributed by atoms with Crippen LogP contribution in [0.4, 0.5) is 5.69 Å². The van der Waals surface area contributed by atoms with Crippen LogP contribution in [0.1, 0.15) is 12.6 Å². The molecule has 0 aliphatic carbocycles. The minimum absolute atomic E-state index is 0.0192. The highest BCUT2D eigenvalue weighted by Crippen LogP contribution is 2.22. The van der Waals surface area contributed by atoms with Gasteiger partial charge < -0.3 is 10.1 Å². The molecule has 7 heteroatoms. The van der Waals surface area contributed by atoms with Gasteiger partial charge in [-0.05, 0) is 13.0 Å². The molecule has 0 radical (unpaired) electrons. The zero-order chi connectivity index (χ0) is 13.6. The maximum atomic E-state index is 11.4. The van der Waals surface area contributed by atoms with Crippen LogP contribution in [0, 0.1) is 6.92 Å². The predicted octanol–water partition coefficient (Wildman–Crippen LogP) is 0.750. The Labute approximate surface area is 108 Å². The molecule has 2 N–H and O–H groups in total. The Bertz CT molecular complexity index is 488. The van der Waals surface area contributed by atoms with Crippen LogP contribution >= 0.6 is 0 Å². The lowest BCUT2D eigenvalue weighted by molar-refractivity contribution is 0.414. The summed E-state index contributed by atoms with van der Waals surface area (Å²) in [6.07, 6.45) is 1.61. The van der Waals surface area contributed by atoms with Crippen LogP contribution in [-0.4, -0.2) is 39.4 Å². The van der Waals surface area contributed by atoms with Crippen LogP contribution < -0.4 is 14.8 Å². The Morgan fingerprint density at radius 2 is 2.17 bits per heavy atom. The van der Waals surface area contributed by atoms with E-state index >= 15 is 0 Å². The average Bonchev–Trinajstić information content (AvgIpc) is 2.29. The van der Waals surface area contributed by atoms with Crippen LogP contribution in [0.5, 0.6) is 5.75 Å². The molecule has 1 rings (SSSR count). The number of anilines is 1. The first kappa shape index (κ1) is 14.7. The van der Waals surface area contributed by atoms with Gasteiger partial charge in [-0.15, -0.1) is 0 Å². The van der Waals surface area contributed by atoms with Gasteiger partial charge in [0.2, 0.25) is 10.0 Å². The van der Waals surface area contributed by atoms with Crippen molar-refractivity contribution in [3.05, 3.63) is 18.0 Å². The molecule has 0 spiro atoms. The number of hydrogen-bond donors (Lipinski definition) is 2. The Morgan fingerprint density at radius 3 is 2.78 bits per heavy atom. The van der Waals surface area contributed by atoms with Gasteiger partial charge in [0, 0.05) is 18.8 Å². The molecule has 1 heterocycles. The lowest BCUT2D eigenvalue weighted by Crippen LogP contribution is -2.29. The van der Waals surface area contributed by atoms with E-state index in [1.165, 1.54) is 0 Å². The van der Waals surface area contributed by atoms with E-state index in [1.807, 2.05) is 13.0 Å². The summed E-state index contributed by atoms with van der Waals surface area (Å²) in [5.74, 6) is 0.618. The summed E-state index contributed by atoms with van der Waals surface area (Å²) in [4.78, 5) is 4.10. The monoisotopic (exact) mass is 273 g/mol. The molecule has 0 unspecified atom stereocenters. The molecule has 0 aliphatic rings. The first-order valence-electron chi connectivity index (χ1n) is 5.70.